The summed E-state index contributed by atoms with van der Waals surface area (Å²) >= 11 is 0. The smallest absolute Gasteiger partial charge is 0.477 e. The second-order valence-corrected chi connectivity index (χ2v) is 15.9. The monoisotopic (exact) mass is 789 g/mol. The lowest BCUT2D eigenvalue weighted by Crippen LogP contribution is -2.38. The van der Waals surface area contributed by atoms with Crippen molar-refractivity contribution in [3.63, 3.8) is 0 Å². The van der Waals surface area contributed by atoms with Gasteiger partial charge in [0, 0.05) is 68.6 Å². The molecule has 2 spiro atoms. The summed E-state index contributed by atoms with van der Waals surface area (Å²) in [7, 11) is 0. The summed E-state index contributed by atoms with van der Waals surface area (Å²) in [5.41, 5.74) is 0.396. The maximum absolute atomic E-state index is 12.1. The second-order valence-electron chi connectivity index (χ2n) is 15.9. The van der Waals surface area contributed by atoms with Crippen LogP contribution in [0.4, 0.5) is 9.59 Å². The average molecular weight is 790 g/mol. The first-order valence-electron chi connectivity index (χ1n) is 18.5. The standard InChI is InChI=1S/C15H18N2O4.C10H10N2O2.C9H15NO3.C6H5NO2/c1-14(2,3)21-13(19)17-8-6-15(9-17)10-5-4-7-16-11(10)12(18)20-15;13-9-8-7(2-1-4-12-8)10(14-9)3-5-11-6-10;1-9(2,3)13-8(12)10-5-4-7(11)6-10;8-6(9)5-3-1-2-4-7-5/h4-5,7H,6,8-9H2,1-3H3;1-2,4,11H,3,5-6H2;4-6H2,1-3H3;1-4H,(H,8,9)/p+1. The minimum atomic E-state index is -0.990. The number of nitrogens with one attached hydrogen (secondary N) is 1. The lowest BCUT2D eigenvalue weighted by molar-refractivity contribution is -0.117. The summed E-state index contributed by atoms with van der Waals surface area (Å²) in [6, 6.07) is 12.1. The van der Waals surface area contributed by atoms with E-state index in [4.69, 9.17) is 24.1 Å². The molecule has 304 valence electrons. The molecule has 0 bridgehead atoms. The van der Waals surface area contributed by atoms with Gasteiger partial charge in [-0.25, -0.2) is 38.9 Å². The van der Waals surface area contributed by atoms with E-state index in [1.165, 1.54) is 17.2 Å². The van der Waals surface area contributed by atoms with Crippen LogP contribution in [0.1, 0.15) is 105 Å². The van der Waals surface area contributed by atoms with Crippen LogP contribution in [0.25, 0.3) is 0 Å². The van der Waals surface area contributed by atoms with Crippen molar-refractivity contribution in [2.75, 3.05) is 39.3 Å². The second kappa shape index (κ2) is 17.0. The number of amides is 2. The quantitative estimate of drug-likeness (QED) is 0.254. The number of nitrogens with zero attached hydrogens (tertiary/aromatic N) is 5. The number of aromatic carboxylic acids is 1. The van der Waals surface area contributed by atoms with Crippen molar-refractivity contribution < 1.29 is 54.2 Å². The predicted octanol–water partition coefficient (Wildman–Crippen LogP) is 4.62. The minimum Gasteiger partial charge on any atom is -0.477 e. The van der Waals surface area contributed by atoms with Gasteiger partial charge in [-0.2, -0.15) is 0 Å². The first-order chi connectivity index (χ1) is 26.8. The molecule has 17 nitrogen and oxygen atoms in total. The van der Waals surface area contributed by atoms with E-state index in [2.05, 4.69) is 20.3 Å². The van der Waals surface area contributed by atoms with Crippen molar-refractivity contribution in [1.82, 2.24) is 30.1 Å². The molecule has 8 rings (SSSR count). The molecule has 3 saturated heterocycles. The number of esters is 2. The zero-order chi connectivity index (χ0) is 41.6. The van der Waals surface area contributed by atoms with Gasteiger partial charge in [0.25, 0.3) is 0 Å². The van der Waals surface area contributed by atoms with Gasteiger partial charge >= 0.3 is 31.5 Å². The molecule has 0 aliphatic carbocycles. The average Bonchev–Trinajstić information content (AvgIpc) is 3.99. The fourth-order valence-corrected chi connectivity index (χ4v) is 6.59. The number of hydrogen-bond donors (Lipinski definition) is 2. The molecule has 8 heterocycles. The van der Waals surface area contributed by atoms with Crippen LogP contribution < -0.4 is 5.32 Å². The number of likely N-dealkylation sites (tertiary alicyclic amines) is 2. The largest absolute Gasteiger partial charge is 1.00 e. The van der Waals surface area contributed by atoms with Gasteiger partial charge in [0.05, 0.1) is 13.1 Å². The Balaban J connectivity index is 0.000000178. The predicted molar refractivity (Wildman–Crippen MR) is 202 cm³/mol. The van der Waals surface area contributed by atoms with Crippen LogP contribution in [0.15, 0.2) is 61.1 Å². The van der Waals surface area contributed by atoms with Crippen LogP contribution in [0.3, 0.4) is 0 Å². The first kappa shape index (κ1) is 42.2. The number of carbonyl (C=O) groups excluding carboxylic acids is 5. The zero-order valence-electron chi connectivity index (χ0n) is 33.9. The van der Waals surface area contributed by atoms with Crippen LogP contribution in [-0.2, 0) is 34.9 Å². The van der Waals surface area contributed by atoms with Crippen LogP contribution in [0, 0.1) is 0 Å². The summed E-state index contributed by atoms with van der Waals surface area (Å²) in [4.78, 5) is 82.7. The van der Waals surface area contributed by atoms with Gasteiger partial charge in [-0.3, -0.25) is 4.79 Å². The van der Waals surface area contributed by atoms with Crippen molar-refractivity contribution in [3.05, 3.63) is 89.3 Å². The van der Waals surface area contributed by atoms with E-state index in [9.17, 15) is 28.8 Å². The lowest BCUT2D eigenvalue weighted by Gasteiger charge is -2.26. The number of rotatable bonds is 1. The third-order valence-electron chi connectivity index (χ3n) is 9.12. The summed E-state index contributed by atoms with van der Waals surface area (Å²) in [6.45, 7) is 14.0. The van der Waals surface area contributed by atoms with Crippen molar-refractivity contribution in [1.29, 1.82) is 0 Å². The summed E-state index contributed by atoms with van der Waals surface area (Å²) in [6.07, 6.45) is 5.74. The normalized spacial score (nSPS) is 21.5. The van der Waals surface area contributed by atoms with Crippen molar-refractivity contribution in [3.8, 4) is 0 Å². The molecule has 2 atom stereocenters. The molecule has 2 unspecified atom stereocenters. The summed E-state index contributed by atoms with van der Waals surface area (Å²) < 4.78 is 21.4. The van der Waals surface area contributed by atoms with E-state index >= 15 is 0 Å². The molecule has 2 N–H and O–H groups in total. The Morgan fingerprint density at radius 2 is 1.32 bits per heavy atom. The van der Waals surface area contributed by atoms with E-state index in [0.29, 0.717) is 50.4 Å². The Morgan fingerprint density at radius 1 is 0.754 bits per heavy atom. The molecule has 57 heavy (non-hydrogen) atoms. The molecule has 3 aromatic heterocycles. The van der Waals surface area contributed by atoms with E-state index in [1.54, 1.807) is 35.5 Å². The number of carbonyl (C=O) groups is 6. The Kier molecular flexibility index (Phi) is 12.6. The SMILES string of the molecule is CC(C)(C)OC(=O)N1CCC(=O)C1.CC(C)(C)OC(=O)N1CCC2(C1)OC(=O)c1ncccc12.O=C(O)c1ccccn1.O=C1OC2(CCNC2)c2cccnc21.[H+]. The van der Waals surface area contributed by atoms with Crippen molar-refractivity contribution in [2.45, 2.75) is 83.2 Å². The van der Waals surface area contributed by atoms with Gasteiger partial charge in [-0.1, -0.05) is 18.2 Å². The number of aromatic nitrogens is 3. The highest BCUT2D eigenvalue weighted by Gasteiger charge is 2.52. The van der Waals surface area contributed by atoms with Crippen LogP contribution in [0.2, 0.25) is 0 Å². The number of ether oxygens (including phenoxy) is 4. The number of Topliss-reactive ketones (excluding diaryl/α,β-unsaturated/α-hetero) is 1. The number of fused-ring (bicyclic) bond motifs is 4. The molecule has 2 amide bonds. The number of carboxylic acids is 1. The molecule has 0 radical (unpaired) electrons. The molecule has 3 fully saturated rings. The van der Waals surface area contributed by atoms with Gasteiger partial charge in [-0.15, -0.1) is 0 Å². The Bertz CT molecular complexity index is 2000. The first-order valence-corrected chi connectivity index (χ1v) is 18.5. The van der Waals surface area contributed by atoms with Crippen LogP contribution in [-0.4, -0.2) is 116 Å². The number of pyridine rings is 3. The molecule has 5 aliphatic rings. The number of ketones is 1. The molecular formula is C40H49N6O11+. The third-order valence-corrected chi connectivity index (χ3v) is 9.12. The molecule has 0 saturated carbocycles. The Morgan fingerprint density at radius 3 is 1.79 bits per heavy atom. The molecule has 17 heteroatoms. The highest BCUT2D eigenvalue weighted by molar-refractivity contribution is 5.93. The van der Waals surface area contributed by atoms with Crippen molar-refractivity contribution in [2.24, 2.45) is 0 Å². The Labute approximate surface area is 331 Å². The fourth-order valence-electron chi connectivity index (χ4n) is 6.59. The molecule has 0 aromatic carbocycles. The maximum Gasteiger partial charge on any atom is 1.00 e. The summed E-state index contributed by atoms with van der Waals surface area (Å²) in [5.74, 6) is -1.60. The maximum atomic E-state index is 12.1. The third kappa shape index (κ3) is 10.5. The Hall–Kier alpha value is -5.97. The minimum absolute atomic E-state index is 0. The summed E-state index contributed by atoms with van der Waals surface area (Å²) in [5, 5.41) is 11.5. The van der Waals surface area contributed by atoms with Crippen LogP contribution >= 0.6 is 0 Å². The molecule has 5 aliphatic heterocycles. The van der Waals surface area contributed by atoms with Gasteiger partial charge in [0.15, 0.2) is 28.4 Å². The molecule has 3 aromatic rings. The van der Waals surface area contributed by atoms with Crippen molar-refractivity contribution >= 4 is 35.9 Å². The van der Waals surface area contributed by atoms with Gasteiger partial charge in [0.2, 0.25) is 0 Å². The zero-order valence-corrected chi connectivity index (χ0v) is 32.9. The van der Waals surface area contributed by atoms with Gasteiger partial charge in [-0.05, 0) is 72.4 Å². The van der Waals surface area contributed by atoms with Crippen LogP contribution in [0.5, 0.6) is 0 Å². The fraction of sp³-hybridized carbons (Fsp3) is 0.475. The van der Waals surface area contributed by atoms with Gasteiger partial charge < -0.3 is 39.2 Å². The topological polar surface area (TPSA) is 217 Å². The van der Waals surface area contributed by atoms with E-state index in [1.807, 2.05) is 59.7 Å². The van der Waals surface area contributed by atoms with Gasteiger partial charge in [0.1, 0.15) is 16.9 Å². The lowest BCUT2D eigenvalue weighted by atomic mass is 9.94. The van der Waals surface area contributed by atoms with E-state index in [0.717, 1.165) is 24.1 Å². The number of hydrogen-bond acceptors (Lipinski definition) is 14. The van der Waals surface area contributed by atoms with E-state index < -0.39 is 40.4 Å². The molecular weight excluding hydrogens is 740 g/mol. The van der Waals surface area contributed by atoms with E-state index in [-0.39, 0.29) is 31.5 Å². The number of carboxylic acid groups (broad SMARTS) is 1. The highest BCUT2D eigenvalue weighted by Crippen LogP contribution is 2.43. The highest BCUT2D eigenvalue weighted by atomic mass is 16.6.